The first kappa shape index (κ1) is 19.2. The second-order valence-electron chi connectivity index (χ2n) is 7.24. The number of hydrogen-bond acceptors (Lipinski definition) is 3. The zero-order chi connectivity index (χ0) is 20.2. The number of furan rings is 1. The molecule has 2 aromatic carbocycles. The van der Waals surface area contributed by atoms with Crippen molar-refractivity contribution >= 4 is 5.91 Å². The number of methoxy groups -OCH3 is 1. The van der Waals surface area contributed by atoms with Gasteiger partial charge in [-0.2, -0.15) is 0 Å². The average molecular weight is 395 g/mol. The number of piperazine rings is 1. The Balaban J connectivity index is 1.33. The first-order chi connectivity index (χ1) is 14.1. The minimum atomic E-state index is -0.299. The summed E-state index contributed by atoms with van der Waals surface area (Å²) >= 11 is 0. The second kappa shape index (κ2) is 8.49. The Morgan fingerprint density at radius 2 is 1.72 bits per heavy atom. The van der Waals surface area contributed by atoms with E-state index in [0.29, 0.717) is 24.6 Å². The number of carbonyl (C=O) groups excluding carboxylic acids is 1. The van der Waals surface area contributed by atoms with Crippen molar-refractivity contribution in [2.75, 3.05) is 33.3 Å². The number of quaternary nitrogens is 1. The maximum absolute atomic E-state index is 13.1. The van der Waals surface area contributed by atoms with Gasteiger partial charge in [-0.3, -0.25) is 4.79 Å². The lowest BCUT2D eigenvalue weighted by Crippen LogP contribution is -3.13. The van der Waals surface area contributed by atoms with E-state index in [1.54, 1.807) is 31.4 Å². The van der Waals surface area contributed by atoms with Crippen molar-refractivity contribution in [3.05, 3.63) is 77.8 Å². The Morgan fingerprint density at radius 1 is 1.03 bits per heavy atom. The van der Waals surface area contributed by atoms with Gasteiger partial charge in [0.15, 0.2) is 5.76 Å². The molecule has 1 N–H and O–H groups in total. The molecule has 4 rings (SSSR count). The van der Waals surface area contributed by atoms with Crippen LogP contribution in [0.4, 0.5) is 4.39 Å². The van der Waals surface area contributed by atoms with Crippen LogP contribution in [0.25, 0.3) is 11.3 Å². The number of nitrogens with one attached hydrogen (secondary N) is 1. The summed E-state index contributed by atoms with van der Waals surface area (Å²) in [5.74, 6) is 1.35. The van der Waals surface area contributed by atoms with Crippen LogP contribution in [0.3, 0.4) is 0 Å². The topological polar surface area (TPSA) is 47.1 Å². The molecule has 6 heteroatoms. The minimum absolute atomic E-state index is 0.0955. The van der Waals surface area contributed by atoms with Crippen LogP contribution >= 0.6 is 0 Å². The molecule has 0 radical (unpaired) electrons. The van der Waals surface area contributed by atoms with Gasteiger partial charge in [0.1, 0.15) is 23.9 Å². The van der Waals surface area contributed by atoms with Gasteiger partial charge < -0.3 is 19.0 Å². The highest BCUT2D eigenvalue weighted by molar-refractivity contribution is 5.92. The number of nitrogens with zero attached hydrogens (tertiary/aromatic N) is 1. The summed E-state index contributed by atoms with van der Waals surface area (Å²) in [6, 6.07) is 17.6. The number of ether oxygens (including phenoxy) is 1. The van der Waals surface area contributed by atoms with Gasteiger partial charge in [-0.05, 0) is 60.7 Å². The van der Waals surface area contributed by atoms with Crippen molar-refractivity contribution in [2.45, 2.75) is 6.54 Å². The van der Waals surface area contributed by atoms with Crippen LogP contribution in [-0.4, -0.2) is 44.1 Å². The van der Waals surface area contributed by atoms with Crippen molar-refractivity contribution in [2.24, 2.45) is 0 Å². The number of amides is 1. The maximum atomic E-state index is 13.1. The van der Waals surface area contributed by atoms with Crippen LogP contribution in [0.15, 0.2) is 65.1 Å². The van der Waals surface area contributed by atoms with Gasteiger partial charge in [0.2, 0.25) is 0 Å². The summed E-state index contributed by atoms with van der Waals surface area (Å²) < 4.78 is 24.0. The molecule has 0 unspecified atom stereocenters. The highest BCUT2D eigenvalue weighted by Gasteiger charge is 2.26. The van der Waals surface area contributed by atoms with E-state index in [1.807, 2.05) is 17.0 Å². The van der Waals surface area contributed by atoms with E-state index in [9.17, 15) is 9.18 Å². The van der Waals surface area contributed by atoms with E-state index >= 15 is 0 Å². The predicted molar refractivity (Wildman–Crippen MR) is 107 cm³/mol. The lowest BCUT2D eigenvalue weighted by molar-refractivity contribution is -0.917. The molecular formula is C23H24FN2O3+. The van der Waals surface area contributed by atoms with E-state index < -0.39 is 0 Å². The lowest BCUT2D eigenvalue weighted by atomic mass is 10.2. The Bertz CT molecular complexity index is 959. The number of carbonyl (C=O) groups is 1. The molecule has 1 saturated heterocycles. The van der Waals surface area contributed by atoms with Gasteiger partial charge in [-0.25, -0.2) is 4.39 Å². The highest BCUT2D eigenvalue weighted by Crippen LogP contribution is 2.23. The summed E-state index contributed by atoms with van der Waals surface area (Å²) in [5.41, 5.74) is 2.01. The molecule has 0 saturated carbocycles. The lowest BCUT2D eigenvalue weighted by Gasteiger charge is -2.31. The molecule has 0 spiro atoms. The first-order valence-electron chi connectivity index (χ1n) is 9.74. The normalized spacial score (nSPS) is 14.8. The van der Waals surface area contributed by atoms with Crippen LogP contribution in [0.2, 0.25) is 0 Å². The van der Waals surface area contributed by atoms with Crippen molar-refractivity contribution < 1.29 is 23.2 Å². The second-order valence-corrected chi connectivity index (χ2v) is 7.24. The van der Waals surface area contributed by atoms with Crippen LogP contribution < -0.4 is 9.64 Å². The number of halogens is 1. The summed E-state index contributed by atoms with van der Waals surface area (Å²) in [7, 11) is 1.66. The van der Waals surface area contributed by atoms with Crippen LogP contribution in [-0.2, 0) is 6.54 Å². The zero-order valence-corrected chi connectivity index (χ0v) is 16.4. The van der Waals surface area contributed by atoms with Crippen molar-refractivity contribution in [3.63, 3.8) is 0 Å². The largest absolute Gasteiger partial charge is 0.497 e. The molecule has 0 atom stereocenters. The SMILES string of the molecule is COc1ccc(C[NH+]2CCN(C(=O)c3ccc(-c4ccc(F)cc4)o3)CC2)cc1. The van der Waals surface area contributed by atoms with E-state index in [-0.39, 0.29) is 11.7 Å². The molecule has 3 aromatic rings. The quantitative estimate of drug-likeness (QED) is 0.723. The van der Waals surface area contributed by atoms with Gasteiger partial charge in [0, 0.05) is 11.1 Å². The molecule has 0 bridgehead atoms. The third-order valence-corrected chi connectivity index (χ3v) is 5.32. The summed E-state index contributed by atoms with van der Waals surface area (Å²) in [5, 5.41) is 0. The van der Waals surface area contributed by atoms with E-state index in [4.69, 9.17) is 9.15 Å². The van der Waals surface area contributed by atoms with Gasteiger partial charge >= 0.3 is 0 Å². The average Bonchev–Trinajstić information content (AvgIpc) is 3.25. The van der Waals surface area contributed by atoms with Crippen molar-refractivity contribution in [1.29, 1.82) is 0 Å². The number of hydrogen-bond donors (Lipinski definition) is 1. The highest BCUT2D eigenvalue weighted by atomic mass is 19.1. The minimum Gasteiger partial charge on any atom is -0.497 e. The molecule has 1 aliphatic heterocycles. The first-order valence-corrected chi connectivity index (χ1v) is 9.74. The Kier molecular flexibility index (Phi) is 5.62. The maximum Gasteiger partial charge on any atom is 0.289 e. The molecule has 1 fully saturated rings. The molecule has 150 valence electrons. The molecule has 2 heterocycles. The van der Waals surface area contributed by atoms with Gasteiger partial charge in [0.25, 0.3) is 5.91 Å². The molecule has 1 aliphatic rings. The molecule has 1 amide bonds. The Labute approximate surface area is 169 Å². The number of benzene rings is 2. The zero-order valence-electron chi connectivity index (χ0n) is 16.4. The molecule has 1 aromatic heterocycles. The molecule has 29 heavy (non-hydrogen) atoms. The summed E-state index contributed by atoms with van der Waals surface area (Å²) in [6.07, 6.45) is 0. The molecular weight excluding hydrogens is 371 g/mol. The van der Waals surface area contributed by atoms with Crippen LogP contribution in [0.1, 0.15) is 16.1 Å². The smallest absolute Gasteiger partial charge is 0.289 e. The molecule has 0 aliphatic carbocycles. The van der Waals surface area contributed by atoms with E-state index in [0.717, 1.165) is 30.9 Å². The third kappa shape index (κ3) is 4.49. The monoisotopic (exact) mass is 395 g/mol. The fourth-order valence-corrected chi connectivity index (χ4v) is 3.61. The predicted octanol–water partition coefficient (Wildman–Crippen LogP) is 2.64. The van der Waals surface area contributed by atoms with Crippen LogP contribution in [0, 0.1) is 5.82 Å². The Morgan fingerprint density at radius 3 is 2.38 bits per heavy atom. The number of rotatable bonds is 5. The summed E-state index contributed by atoms with van der Waals surface area (Å²) in [6.45, 7) is 4.10. The standard InChI is InChI=1S/C23H23FN2O3/c1-28-20-8-2-17(3-9-20)16-25-12-14-26(15-13-25)23(27)22-11-10-21(29-22)18-4-6-19(24)7-5-18/h2-11H,12-16H2,1H3/p+1. The van der Waals surface area contributed by atoms with Crippen molar-refractivity contribution in [1.82, 2.24) is 4.90 Å². The van der Waals surface area contributed by atoms with Crippen molar-refractivity contribution in [3.8, 4) is 17.1 Å². The molecule has 5 nitrogen and oxygen atoms in total. The third-order valence-electron chi connectivity index (χ3n) is 5.32. The Hall–Kier alpha value is -3.12. The van der Waals surface area contributed by atoms with Gasteiger partial charge in [0.05, 0.1) is 33.3 Å². The van der Waals surface area contributed by atoms with E-state index in [2.05, 4.69) is 12.1 Å². The fourth-order valence-electron chi connectivity index (χ4n) is 3.61. The fraction of sp³-hybridized carbons (Fsp3) is 0.261. The van der Waals surface area contributed by atoms with E-state index in [1.165, 1.54) is 22.6 Å². The van der Waals surface area contributed by atoms with Crippen LogP contribution in [0.5, 0.6) is 5.75 Å². The van der Waals surface area contributed by atoms with Gasteiger partial charge in [-0.15, -0.1) is 0 Å². The summed E-state index contributed by atoms with van der Waals surface area (Å²) in [4.78, 5) is 16.1. The van der Waals surface area contributed by atoms with Gasteiger partial charge in [-0.1, -0.05) is 0 Å².